The number of hydrogen-bond acceptors (Lipinski definition) is 3. The molecule has 0 N–H and O–H groups in total. The van der Waals surface area contributed by atoms with Crippen LogP contribution in [0.4, 0.5) is 0 Å². The molecule has 0 aliphatic carbocycles. The zero-order chi connectivity index (χ0) is 15.4. The molecule has 0 saturated carbocycles. The Morgan fingerprint density at radius 1 is 1.00 bits per heavy atom. The molecule has 0 aliphatic heterocycles. The van der Waals surface area contributed by atoms with Crippen molar-refractivity contribution in [2.45, 2.75) is 27.4 Å². The fraction of sp³-hybridized carbons (Fsp3) is 0.222. The van der Waals surface area contributed by atoms with Crippen molar-refractivity contribution < 1.29 is 14.3 Å². The van der Waals surface area contributed by atoms with Crippen molar-refractivity contribution in [3.63, 3.8) is 0 Å². The summed E-state index contributed by atoms with van der Waals surface area (Å²) in [4.78, 5) is 22.6. The van der Waals surface area contributed by atoms with E-state index < -0.39 is 11.6 Å². The maximum absolute atomic E-state index is 11.5. The highest BCUT2D eigenvalue weighted by molar-refractivity contribution is 6.42. The molecule has 0 atom stereocenters. The van der Waals surface area contributed by atoms with E-state index in [1.165, 1.54) is 18.1 Å². The number of ether oxygens (including phenoxy) is 1. The fourth-order valence-corrected chi connectivity index (χ4v) is 2.02. The van der Waals surface area contributed by atoms with Crippen molar-refractivity contribution >= 4 is 11.6 Å². The Balaban J connectivity index is 2.06. The SMILES string of the molecule is CC(=O)C(=O)c1ccc(OCc2cc(C)ccc2C)cc1. The van der Waals surface area contributed by atoms with Gasteiger partial charge < -0.3 is 4.74 Å². The van der Waals surface area contributed by atoms with Crippen molar-refractivity contribution in [3.8, 4) is 5.75 Å². The second-order valence-corrected chi connectivity index (χ2v) is 5.13. The first-order valence-corrected chi connectivity index (χ1v) is 6.81. The van der Waals surface area contributed by atoms with Gasteiger partial charge in [0.15, 0.2) is 5.78 Å². The normalized spacial score (nSPS) is 10.2. The van der Waals surface area contributed by atoms with Crippen LogP contribution in [-0.2, 0) is 11.4 Å². The van der Waals surface area contributed by atoms with Crippen molar-refractivity contribution in [2.24, 2.45) is 0 Å². The molecular weight excluding hydrogens is 264 g/mol. The number of rotatable bonds is 5. The van der Waals surface area contributed by atoms with Gasteiger partial charge in [-0.25, -0.2) is 0 Å². The molecular formula is C18H18O3. The topological polar surface area (TPSA) is 43.4 Å². The summed E-state index contributed by atoms with van der Waals surface area (Å²) >= 11 is 0. The third-order valence-electron chi connectivity index (χ3n) is 3.34. The van der Waals surface area contributed by atoms with E-state index in [1.807, 2.05) is 13.8 Å². The molecule has 3 heteroatoms. The summed E-state index contributed by atoms with van der Waals surface area (Å²) in [5.41, 5.74) is 3.91. The quantitative estimate of drug-likeness (QED) is 0.621. The molecule has 0 saturated heterocycles. The Morgan fingerprint density at radius 3 is 2.29 bits per heavy atom. The molecule has 2 rings (SSSR count). The molecule has 0 radical (unpaired) electrons. The lowest BCUT2D eigenvalue weighted by molar-refractivity contribution is -0.113. The molecule has 0 aliphatic rings. The van der Waals surface area contributed by atoms with E-state index in [4.69, 9.17) is 4.74 Å². The molecule has 0 aromatic heterocycles. The molecule has 2 aromatic carbocycles. The van der Waals surface area contributed by atoms with Gasteiger partial charge in [-0.2, -0.15) is 0 Å². The number of ketones is 2. The van der Waals surface area contributed by atoms with Crippen LogP contribution in [0.5, 0.6) is 5.75 Å². The summed E-state index contributed by atoms with van der Waals surface area (Å²) in [6.07, 6.45) is 0. The molecule has 21 heavy (non-hydrogen) atoms. The number of hydrogen-bond donors (Lipinski definition) is 0. The van der Waals surface area contributed by atoms with Gasteiger partial charge in [0, 0.05) is 12.5 Å². The number of Topliss-reactive ketones (excluding diaryl/α,β-unsaturated/α-hetero) is 2. The van der Waals surface area contributed by atoms with Gasteiger partial charge >= 0.3 is 0 Å². The Morgan fingerprint density at radius 2 is 1.67 bits per heavy atom. The molecule has 0 amide bonds. The predicted octanol–water partition coefficient (Wildman–Crippen LogP) is 3.65. The molecule has 0 heterocycles. The summed E-state index contributed by atoms with van der Waals surface area (Å²) in [7, 11) is 0. The van der Waals surface area contributed by atoms with Crippen molar-refractivity contribution in [1.82, 2.24) is 0 Å². The van der Waals surface area contributed by atoms with Crippen LogP contribution in [0.1, 0.15) is 34.0 Å². The molecule has 0 fully saturated rings. The Bertz CT molecular complexity index is 669. The summed E-state index contributed by atoms with van der Waals surface area (Å²) < 4.78 is 5.73. The van der Waals surface area contributed by atoms with Crippen LogP contribution in [-0.4, -0.2) is 11.6 Å². The Kier molecular flexibility index (Phi) is 4.53. The van der Waals surface area contributed by atoms with Gasteiger partial charge in [-0.15, -0.1) is 0 Å². The minimum Gasteiger partial charge on any atom is -0.489 e. The minimum absolute atomic E-state index is 0.390. The predicted molar refractivity (Wildman–Crippen MR) is 81.7 cm³/mol. The van der Waals surface area contributed by atoms with E-state index in [-0.39, 0.29) is 0 Å². The van der Waals surface area contributed by atoms with E-state index in [9.17, 15) is 9.59 Å². The zero-order valence-corrected chi connectivity index (χ0v) is 12.5. The first kappa shape index (κ1) is 15.0. The third-order valence-corrected chi connectivity index (χ3v) is 3.34. The van der Waals surface area contributed by atoms with Crippen LogP contribution in [0.15, 0.2) is 42.5 Å². The number of benzene rings is 2. The zero-order valence-electron chi connectivity index (χ0n) is 12.5. The number of aryl methyl sites for hydroxylation is 2. The molecule has 2 aromatic rings. The minimum atomic E-state index is -0.476. The highest BCUT2D eigenvalue weighted by Gasteiger charge is 2.10. The molecule has 0 spiro atoms. The van der Waals surface area contributed by atoms with Crippen molar-refractivity contribution in [1.29, 1.82) is 0 Å². The van der Waals surface area contributed by atoms with E-state index in [1.54, 1.807) is 24.3 Å². The Hall–Kier alpha value is -2.42. The van der Waals surface area contributed by atoms with Gasteiger partial charge in [-0.3, -0.25) is 9.59 Å². The van der Waals surface area contributed by atoms with Crippen LogP contribution < -0.4 is 4.74 Å². The lowest BCUT2D eigenvalue weighted by atomic mass is 10.1. The average Bonchev–Trinajstić information content (AvgIpc) is 2.48. The van der Waals surface area contributed by atoms with Crippen molar-refractivity contribution in [2.75, 3.05) is 0 Å². The van der Waals surface area contributed by atoms with Gasteiger partial charge in [-0.05, 0) is 49.2 Å². The van der Waals surface area contributed by atoms with E-state index in [2.05, 4.69) is 18.2 Å². The van der Waals surface area contributed by atoms with Gasteiger partial charge in [0.2, 0.25) is 5.78 Å². The summed E-state index contributed by atoms with van der Waals surface area (Å²) in [5, 5.41) is 0. The standard InChI is InChI=1S/C18H18O3/c1-12-4-5-13(2)16(10-12)11-21-17-8-6-15(7-9-17)18(20)14(3)19/h4-10H,11H2,1-3H3. The monoisotopic (exact) mass is 282 g/mol. The maximum Gasteiger partial charge on any atom is 0.228 e. The summed E-state index contributed by atoms with van der Waals surface area (Å²) in [6, 6.07) is 12.9. The number of carbonyl (C=O) groups is 2. The highest BCUT2D eigenvalue weighted by Crippen LogP contribution is 2.17. The molecule has 0 bridgehead atoms. The first-order chi connectivity index (χ1) is 9.97. The summed E-state index contributed by atoms with van der Waals surface area (Å²) in [5.74, 6) is -0.258. The van der Waals surface area contributed by atoms with Crippen LogP contribution in [0.2, 0.25) is 0 Å². The molecule has 0 unspecified atom stereocenters. The van der Waals surface area contributed by atoms with Crippen LogP contribution in [0.3, 0.4) is 0 Å². The second-order valence-electron chi connectivity index (χ2n) is 5.13. The maximum atomic E-state index is 11.5. The lowest BCUT2D eigenvalue weighted by Crippen LogP contribution is -2.09. The summed E-state index contributed by atoms with van der Waals surface area (Å²) in [6.45, 7) is 5.85. The van der Waals surface area contributed by atoms with Crippen LogP contribution in [0, 0.1) is 13.8 Å². The number of carbonyl (C=O) groups excluding carboxylic acids is 2. The van der Waals surface area contributed by atoms with Crippen molar-refractivity contribution in [3.05, 3.63) is 64.7 Å². The smallest absolute Gasteiger partial charge is 0.228 e. The van der Waals surface area contributed by atoms with E-state index in [0.717, 1.165) is 5.56 Å². The Labute approximate surface area is 124 Å². The van der Waals surface area contributed by atoms with Gasteiger partial charge in [-0.1, -0.05) is 23.8 Å². The third kappa shape index (κ3) is 3.78. The average molecular weight is 282 g/mol. The van der Waals surface area contributed by atoms with E-state index >= 15 is 0 Å². The van der Waals surface area contributed by atoms with Gasteiger partial charge in [0.25, 0.3) is 0 Å². The lowest BCUT2D eigenvalue weighted by Gasteiger charge is -2.10. The highest BCUT2D eigenvalue weighted by atomic mass is 16.5. The second kappa shape index (κ2) is 6.35. The fourth-order valence-electron chi connectivity index (χ4n) is 2.02. The largest absolute Gasteiger partial charge is 0.489 e. The van der Waals surface area contributed by atoms with Crippen LogP contribution in [0.25, 0.3) is 0 Å². The van der Waals surface area contributed by atoms with Gasteiger partial charge in [0.1, 0.15) is 12.4 Å². The van der Waals surface area contributed by atoms with Crippen LogP contribution >= 0.6 is 0 Å². The van der Waals surface area contributed by atoms with Gasteiger partial charge in [0.05, 0.1) is 0 Å². The molecule has 3 nitrogen and oxygen atoms in total. The first-order valence-electron chi connectivity index (χ1n) is 6.81. The van der Waals surface area contributed by atoms with E-state index in [0.29, 0.717) is 17.9 Å². The molecule has 108 valence electrons.